The van der Waals surface area contributed by atoms with Crippen LogP contribution in [0.5, 0.6) is 11.5 Å². The molecule has 0 radical (unpaired) electrons. The van der Waals surface area contributed by atoms with Crippen molar-refractivity contribution < 1.29 is 14.6 Å². The van der Waals surface area contributed by atoms with Crippen molar-refractivity contribution in [3.63, 3.8) is 0 Å². The number of rotatable bonds is 5. The molecule has 3 aromatic carbocycles. The second-order valence-corrected chi connectivity index (χ2v) is 7.78. The van der Waals surface area contributed by atoms with Gasteiger partial charge in [-0.1, -0.05) is 24.3 Å². The molecule has 0 bridgehead atoms. The zero-order valence-corrected chi connectivity index (χ0v) is 16.9. The van der Waals surface area contributed by atoms with Gasteiger partial charge in [0.1, 0.15) is 16.5 Å². The van der Waals surface area contributed by atoms with Crippen LogP contribution in [-0.4, -0.2) is 23.1 Å². The predicted molar refractivity (Wildman–Crippen MR) is 117 cm³/mol. The molecule has 0 unspecified atom stereocenters. The number of aromatic nitrogens is 1. The molecule has 1 heterocycles. The van der Waals surface area contributed by atoms with Crippen LogP contribution >= 0.6 is 11.3 Å². The van der Waals surface area contributed by atoms with E-state index in [0.717, 1.165) is 27.1 Å². The quantitative estimate of drug-likeness (QED) is 0.450. The number of nitrogens with zero attached hydrogens (tertiary/aromatic N) is 1. The van der Waals surface area contributed by atoms with E-state index in [9.17, 15) is 9.90 Å². The zero-order valence-electron chi connectivity index (χ0n) is 16.1. The number of hydrogen-bond donors (Lipinski definition) is 2. The first-order chi connectivity index (χ1) is 14.0. The molecule has 6 heteroatoms. The molecule has 4 aromatic rings. The first-order valence-electron chi connectivity index (χ1n) is 9.16. The van der Waals surface area contributed by atoms with Crippen LogP contribution in [0.25, 0.3) is 20.8 Å². The Morgan fingerprint density at radius 2 is 1.97 bits per heavy atom. The Balaban J connectivity index is 1.54. The molecule has 2 N–H and O–H groups in total. The van der Waals surface area contributed by atoms with Gasteiger partial charge in [0.15, 0.2) is 0 Å². The van der Waals surface area contributed by atoms with Crippen LogP contribution in [0.2, 0.25) is 0 Å². The number of para-hydroxylation sites is 1. The van der Waals surface area contributed by atoms with Crippen molar-refractivity contribution in [3.8, 4) is 22.1 Å². The molecular weight excluding hydrogens is 384 g/mol. The Morgan fingerprint density at radius 3 is 2.72 bits per heavy atom. The molecule has 0 aliphatic rings. The van der Waals surface area contributed by atoms with Crippen LogP contribution in [0.4, 0.5) is 5.69 Å². The lowest BCUT2D eigenvalue weighted by Crippen LogP contribution is -2.14. The molecule has 146 valence electrons. The van der Waals surface area contributed by atoms with Gasteiger partial charge in [0.05, 0.1) is 29.3 Å². The summed E-state index contributed by atoms with van der Waals surface area (Å²) in [6.45, 7) is 1.95. The van der Waals surface area contributed by atoms with Gasteiger partial charge in [-0.2, -0.15) is 0 Å². The molecule has 29 heavy (non-hydrogen) atoms. The second kappa shape index (κ2) is 7.93. The van der Waals surface area contributed by atoms with E-state index in [1.807, 2.05) is 49.4 Å². The van der Waals surface area contributed by atoms with Crippen LogP contribution in [0.15, 0.2) is 60.7 Å². The first-order valence-corrected chi connectivity index (χ1v) is 9.97. The van der Waals surface area contributed by atoms with Gasteiger partial charge >= 0.3 is 0 Å². The van der Waals surface area contributed by atoms with Crippen molar-refractivity contribution >= 4 is 33.1 Å². The number of methoxy groups -OCH3 is 1. The van der Waals surface area contributed by atoms with E-state index < -0.39 is 0 Å². The lowest BCUT2D eigenvalue weighted by Gasteiger charge is -2.10. The number of thiazole rings is 1. The van der Waals surface area contributed by atoms with Crippen LogP contribution in [0, 0.1) is 6.92 Å². The number of aromatic hydroxyl groups is 1. The molecule has 0 saturated heterocycles. The summed E-state index contributed by atoms with van der Waals surface area (Å²) in [6, 6.07) is 18.5. The summed E-state index contributed by atoms with van der Waals surface area (Å²) in [5.74, 6) is 0.802. The molecule has 0 saturated carbocycles. The van der Waals surface area contributed by atoms with Crippen LogP contribution in [0.1, 0.15) is 11.1 Å². The minimum Gasteiger partial charge on any atom is -0.507 e. The van der Waals surface area contributed by atoms with Gasteiger partial charge in [0.25, 0.3) is 0 Å². The summed E-state index contributed by atoms with van der Waals surface area (Å²) in [7, 11) is 1.63. The Kier molecular flexibility index (Phi) is 5.18. The normalized spacial score (nSPS) is 10.8. The first kappa shape index (κ1) is 19.0. The van der Waals surface area contributed by atoms with E-state index >= 15 is 0 Å². The molecule has 5 nitrogen and oxygen atoms in total. The number of aryl methyl sites for hydroxylation is 1. The highest BCUT2D eigenvalue weighted by atomic mass is 32.1. The van der Waals surface area contributed by atoms with Gasteiger partial charge in [-0.05, 0) is 54.4 Å². The van der Waals surface area contributed by atoms with Crippen LogP contribution in [-0.2, 0) is 11.2 Å². The lowest BCUT2D eigenvalue weighted by molar-refractivity contribution is -0.115. The van der Waals surface area contributed by atoms with Crippen molar-refractivity contribution in [2.45, 2.75) is 13.3 Å². The molecular formula is C23H20N2O3S. The van der Waals surface area contributed by atoms with E-state index in [-0.39, 0.29) is 18.1 Å². The zero-order chi connectivity index (χ0) is 20.4. The summed E-state index contributed by atoms with van der Waals surface area (Å²) in [6.07, 6.45) is 0.252. The third-order valence-electron chi connectivity index (χ3n) is 4.63. The van der Waals surface area contributed by atoms with E-state index in [1.54, 1.807) is 25.3 Å². The van der Waals surface area contributed by atoms with Gasteiger partial charge in [-0.15, -0.1) is 11.3 Å². The lowest BCUT2D eigenvalue weighted by atomic mass is 10.1. The molecule has 4 rings (SSSR count). The maximum Gasteiger partial charge on any atom is 0.228 e. The Bertz CT molecular complexity index is 1170. The average molecular weight is 404 g/mol. The number of phenolic OH excluding ortho intramolecular Hbond substituents is 1. The molecule has 0 aliphatic heterocycles. The minimum absolute atomic E-state index is 0.129. The highest BCUT2D eigenvalue weighted by Gasteiger charge is 2.13. The number of amides is 1. The third-order valence-corrected chi connectivity index (χ3v) is 5.70. The maximum absolute atomic E-state index is 12.5. The van der Waals surface area contributed by atoms with Crippen molar-refractivity contribution in [2.24, 2.45) is 0 Å². The Morgan fingerprint density at radius 1 is 1.14 bits per heavy atom. The number of carbonyl (C=O) groups excluding carboxylic acids is 1. The Hall–Kier alpha value is -3.38. The van der Waals surface area contributed by atoms with Gasteiger partial charge in [-0.3, -0.25) is 4.79 Å². The molecule has 1 aromatic heterocycles. The van der Waals surface area contributed by atoms with Crippen LogP contribution in [0.3, 0.4) is 0 Å². The van der Waals surface area contributed by atoms with Crippen LogP contribution < -0.4 is 10.1 Å². The van der Waals surface area contributed by atoms with Crippen molar-refractivity contribution in [3.05, 3.63) is 71.8 Å². The smallest absolute Gasteiger partial charge is 0.228 e. The number of phenols is 1. The highest BCUT2D eigenvalue weighted by Crippen LogP contribution is 2.36. The monoisotopic (exact) mass is 404 g/mol. The Labute approximate surface area is 172 Å². The fraction of sp³-hybridized carbons (Fsp3) is 0.130. The number of anilines is 1. The summed E-state index contributed by atoms with van der Waals surface area (Å²) in [5, 5.41) is 13.9. The maximum atomic E-state index is 12.5. The van der Waals surface area contributed by atoms with E-state index in [1.165, 1.54) is 11.3 Å². The van der Waals surface area contributed by atoms with Gasteiger partial charge in [0.2, 0.25) is 5.91 Å². The second-order valence-electron chi connectivity index (χ2n) is 6.75. The number of carbonyl (C=O) groups is 1. The minimum atomic E-state index is -0.129. The van der Waals surface area contributed by atoms with Gasteiger partial charge in [-0.25, -0.2) is 4.98 Å². The summed E-state index contributed by atoms with van der Waals surface area (Å²) in [4.78, 5) is 17.1. The van der Waals surface area contributed by atoms with E-state index in [4.69, 9.17) is 4.74 Å². The highest BCUT2D eigenvalue weighted by molar-refractivity contribution is 7.21. The molecule has 0 fully saturated rings. The predicted octanol–water partition coefficient (Wildman–Crippen LogP) is 5.17. The number of nitrogens with one attached hydrogen (secondary N) is 1. The summed E-state index contributed by atoms with van der Waals surface area (Å²) in [5.41, 5.74) is 4.00. The standard InChI is InChI=1S/C23H20N2O3S/c1-14-11-15(7-10-20(14)28-2)12-22(27)24-16-8-9-19(26)17(13-16)23-25-18-5-3-4-6-21(18)29-23/h3-11,13,26H,12H2,1-2H3,(H,24,27). The van der Waals surface area contributed by atoms with Gasteiger partial charge < -0.3 is 15.2 Å². The number of ether oxygens (including phenoxy) is 1. The van der Waals surface area contributed by atoms with Gasteiger partial charge in [0, 0.05) is 5.69 Å². The van der Waals surface area contributed by atoms with E-state index in [2.05, 4.69) is 10.3 Å². The number of benzene rings is 3. The molecule has 0 atom stereocenters. The summed E-state index contributed by atoms with van der Waals surface area (Å²) < 4.78 is 6.31. The molecule has 1 amide bonds. The largest absolute Gasteiger partial charge is 0.507 e. The van der Waals surface area contributed by atoms with Crippen molar-refractivity contribution in [1.29, 1.82) is 0 Å². The van der Waals surface area contributed by atoms with Crippen molar-refractivity contribution in [1.82, 2.24) is 4.98 Å². The molecule has 0 aliphatic carbocycles. The third kappa shape index (κ3) is 4.07. The molecule has 0 spiro atoms. The summed E-state index contributed by atoms with van der Waals surface area (Å²) >= 11 is 1.50. The number of hydrogen-bond acceptors (Lipinski definition) is 5. The topological polar surface area (TPSA) is 71.5 Å². The SMILES string of the molecule is COc1ccc(CC(=O)Nc2ccc(O)c(-c3nc4ccccc4s3)c2)cc1C. The number of fused-ring (bicyclic) bond motifs is 1. The average Bonchev–Trinajstić information content (AvgIpc) is 3.13. The van der Waals surface area contributed by atoms with E-state index in [0.29, 0.717) is 16.3 Å². The fourth-order valence-corrected chi connectivity index (χ4v) is 4.20. The van der Waals surface area contributed by atoms with Crippen molar-refractivity contribution in [2.75, 3.05) is 12.4 Å². The fourth-order valence-electron chi connectivity index (χ4n) is 3.21.